The minimum absolute atomic E-state index is 0.365. The van der Waals surface area contributed by atoms with E-state index in [2.05, 4.69) is 31.1 Å². The number of aromatic amines is 1. The van der Waals surface area contributed by atoms with Crippen LogP contribution in [0.3, 0.4) is 0 Å². The van der Waals surface area contributed by atoms with E-state index in [-0.39, 0.29) is 0 Å². The van der Waals surface area contributed by atoms with Crippen molar-refractivity contribution in [2.75, 3.05) is 5.84 Å². The first-order chi connectivity index (χ1) is 6.68. The number of hydrogen-bond acceptors (Lipinski definition) is 4. The van der Waals surface area contributed by atoms with Gasteiger partial charge in [0, 0.05) is 10.7 Å². The average Bonchev–Trinajstić information content (AvgIpc) is 2.50. The molecule has 2 rings (SSSR count). The van der Waals surface area contributed by atoms with Crippen molar-refractivity contribution in [3.05, 3.63) is 27.6 Å². The van der Waals surface area contributed by atoms with E-state index < -0.39 is 0 Å². The summed E-state index contributed by atoms with van der Waals surface area (Å²) < 4.78 is 2.55. The third-order valence-corrected chi connectivity index (χ3v) is 2.42. The second kappa shape index (κ2) is 3.50. The molecule has 0 radical (unpaired) electrons. The highest BCUT2D eigenvalue weighted by molar-refractivity contribution is 9.10. The Balaban J connectivity index is 2.55. The number of nitrogen functional groups attached to an aromatic ring is 1. The number of halogens is 1. The van der Waals surface area contributed by atoms with Crippen LogP contribution < -0.4 is 5.84 Å². The van der Waals surface area contributed by atoms with Gasteiger partial charge in [-0.1, -0.05) is 0 Å². The predicted molar refractivity (Wildman–Crippen MR) is 58.5 cm³/mol. The molecule has 0 atom stereocenters. The topological polar surface area (TPSA) is 72.5 Å². The molecule has 2 aromatic rings. The summed E-state index contributed by atoms with van der Waals surface area (Å²) in [5, 5.41) is 6.55. The number of nitrogens with zero attached hydrogens (tertiary/aromatic N) is 3. The minimum atomic E-state index is 0.365. The van der Waals surface area contributed by atoms with Crippen molar-refractivity contribution in [3.8, 4) is 11.5 Å². The number of nitrogens with one attached hydrogen (secondary N) is 1. The Labute approximate surface area is 93.1 Å². The van der Waals surface area contributed by atoms with Crippen LogP contribution in [-0.4, -0.2) is 19.9 Å². The van der Waals surface area contributed by atoms with E-state index >= 15 is 0 Å². The van der Waals surface area contributed by atoms with E-state index in [9.17, 15) is 0 Å². The Kier molecular flexibility index (Phi) is 2.34. The van der Waals surface area contributed by atoms with Gasteiger partial charge in [-0.05, 0) is 40.3 Å². The normalized spacial score (nSPS) is 10.4. The van der Waals surface area contributed by atoms with Crippen LogP contribution in [0.25, 0.3) is 11.5 Å². The molecule has 0 unspecified atom stereocenters. The molecule has 0 aliphatic heterocycles. The predicted octanol–water partition coefficient (Wildman–Crippen LogP) is 1.48. The molecule has 0 bridgehead atoms. The molecule has 2 heterocycles. The number of nitrogens with two attached hydrogens (primary N) is 1. The second-order valence-corrected chi connectivity index (χ2v) is 3.89. The smallest absolute Gasteiger partial charge is 0.214 e. The van der Waals surface area contributed by atoms with Gasteiger partial charge in [0.15, 0.2) is 5.82 Å². The Bertz CT molecular complexity index is 500. The molecule has 72 valence electrons. The van der Waals surface area contributed by atoms with E-state index in [1.165, 1.54) is 4.68 Å². The summed E-state index contributed by atoms with van der Waals surface area (Å²) in [6.07, 6.45) is 1.67. The van der Waals surface area contributed by atoms with Crippen LogP contribution in [0.4, 0.5) is 0 Å². The van der Waals surface area contributed by atoms with E-state index in [4.69, 9.17) is 18.1 Å². The van der Waals surface area contributed by atoms with Crippen molar-refractivity contribution in [2.45, 2.75) is 0 Å². The summed E-state index contributed by atoms with van der Waals surface area (Å²) in [6.45, 7) is 0. The molecule has 0 spiro atoms. The van der Waals surface area contributed by atoms with Crippen LogP contribution >= 0.6 is 28.1 Å². The first kappa shape index (κ1) is 9.35. The largest absolute Gasteiger partial charge is 0.335 e. The third-order valence-electron chi connectivity index (χ3n) is 1.66. The quantitative estimate of drug-likeness (QED) is 0.609. The Morgan fingerprint density at radius 2 is 2.29 bits per heavy atom. The van der Waals surface area contributed by atoms with Gasteiger partial charge in [-0.2, -0.15) is 5.10 Å². The Morgan fingerprint density at radius 3 is 2.79 bits per heavy atom. The van der Waals surface area contributed by atoms with Gasteiger partial charge >= 0.3 is 0 Å². The van der Waals surface area contributed by atoms with Crippen molar-refractivity contribution in [1.29, 1.82) is 0 Å². The summed E-state index contributed by atoms with van der Waals surface area (Å²) in [5.41, 5.74) is 0.669. The summed E-state index contributed by atoms with van der Waals surface area (Å²) in [7, 11) is 0. The summed E-state index contributed by atoms with van der Waals surface area (Å²) >= 11 is 8.18. The minimum Gasteiger partial charge on any atom is -0.335 e. The van der Waals surface area contributed by atoms with E-state index in [1.807, 2.05) is 6.07 Å². The van der Waals surface area contributed by atoms with Crippen LogP contribution in [0, 0.1) is 4.77 Å². The van der Waals surface area contributed by atoms with Gasteiger partial charge in [0.2, 0.25) is 4.77 Å². The molecule has 0 saturated heterocycles. The molecule has 5 nitrogen and oxygen atoms in total. The number of aromatic nitrogens is 4. The highest BCUT2D eigenvalue weighted by Gasteiger charge is 2.06. The number of rotatable bonds is 1. The van der Waals surface area contributed by atoms with Crippen molar-refractivity contribution in [2.24, 2.45) is 0 Å². The molecule has 3 N–H and O–H groups in total. The Morgan fingerprint density at radius 1 is 1.50 bits per heavy atom. The molecule has 0 fully saturated rings. The average molecular weight is 272 g/mol. The maximum atomic E-state index is 5.64. The number of hydrogen-bond donors (Lipinski definition) is 2. The molecule has 0 aromatic carbocycles. The lowest BCUT2D eigenvalue weighted by molar-refractivity contribution is 0.977. The molecule has 0 aliphatic carbocycles. The van der Waals surface area contributed by atoms with E-state index in [1.54, 1.807) is 12.3 Å². The molecule has 0 aliphatic rings. The van der Waals surface area contributed by atoms with Crippen molar-refractivity contribution in [3.63, 3.8) is 0 Å². The second-order valence-electron chi connectivity index (χ2n) is 2.58. The maximum absolute atomic E-state index is 5.64. The molecule has 7 heteroatoms. The third kappa shape index (κ3) is 1.55. The van der Waals surface area contributed by atoms with Crippen molar-refractivity contribution >= 4 is 28.1 Å². The van der Waals surface area contributed by atoms with Crippen LogP contribution in [0.5, 0.6) is 0 Å². The van der Waals surface area contributed by atoms with Crippen LogP contribution in [0.2, 0.25) is 0 Å². The molecule has 2 aromatic heterocycles. The summed E-state index contributed by atoms with van der Waals surface area (Å²) in [4.78, 5) is 4.15. The molecule has 0 amide bonds. The lowest BCUT2D eigenvalue weighted by Crippen LogP contribution is -2.10. The van der Waals surface area contributed by atoms with Gasteiger partial charge in [-0.3, -0.25) is 4.98 Å². The number of H-pyrrole nitrogens is 1. The lowest BCUT2D eigenvalue weighted by Gasteiger charge is -1.98. The highest BCUT2D eigenvalue weighted by Crippen LogP contribution is 2.15. The first-order valence-corrected chi connectivity index (χ1v) is 4.93. The fraction of sp³-hybridized carbons (Fsp3) is 0. The van der Waals surface area contributed by atoms with Crippen molar-refractivity contribution in [1.82, 2.24) is 19.9 Å². The number of pyridine rings is 1. The standard InChI is InChI=1S/C7H6BrN5S/c8-4-1-2-5(10-3-4)6-11-12-7(14)13(6)9/h1-3H,9H2,(H,12,14). The van der Waals surface area contributed by atoms with Crippen LogP contribution in [0.15, 0.2) is 22.8 Å². The van der Waals surface area contributed by atoms with Crippen LogP contribution in [0.1, 0.15) is 0 Å². The lowest BCUT2D eigenvalue weighted by atomic mass is 10.3. The SMILES string of the molecule is Nn1c(-c2ccc(Br)cn2)n[nH]c1=S. The van der Waals surface area contributed by atoms with Gasteiger partial charge in [-0.15, -0.1) is 0 Å². The summed E-state index contributed by atoms with van der Waals surface area (Å²) in [5.74, 6) is 6.16. The zero-order valence-electron chi connectivity index (χ0n) is 6.94. The first-order valence-electron chi connectivity index (χ1n) is 3.73. The highest BCUT2D eigenvalue weighted by atomic mass is 79.9. The van der Waals surface area contributed by atoms with E-state index in [0.717, 1.165) is 4.47 Å². The van der Waals surface area contributed by atoms with E-state index in [0.29, 0.717) is 16.3 Å². The molecule has 0 saturated carbocycles. The molecule has 14 heavy (non-hydrogen) atoms. The zero-order chi connectivity index (χ0) is 10.1. The maximum Gasteiger partial charge on any atom is 0.214 e. The molecular formula is C7H6BrN5S. The molecular weight excluding hydrogens is 266 g/mol. The van der Waals surface area contributed by atoms with Gasteiger partial charge < -0.3 is 5.84 Å². The van der Waals surface area contributed by atoms with Gasteiger partial charge in [0.1, 0.15) is 5.69 Å². The van der Waals surface area contributed by atoms with Crippen LogP contribution in [-0.2, 0) is 0 Å². The Hall–Kier alpha value is -1.21. The zero-order valence-corrected chi connectivity index (χ0v) is 9.34. The fourth-order valence-electron chi connectivity index (χ4n) is 0.993. The van der Waals surface area contributed by atoms with Gasteiger partial charge in [0.05, 0.1) is 0 Å². The van der Waals surface area contributed by atoms with Gasteiger partial charge in [0.25, 0.3) is 0 Å². The van der Waals surface area contributed by atoms with Crippen molar-refractivity contribution < 1.29 is 0 Å². The fourth-order valence-corrected chi connectivity index (χ4v) is 1.36. The van der Waals surface area contributed by atoms with Gasteiger partial charge in [-0.25, -0.2) is 9.77 Å². The summed E-state index contributed by atoms with van der Waals surface area (Å²) in [6, 6.07) is 3.67. The monoisotopic (exact) mass is 271 g/mol.